The molecule has 5 saturated heterocycles. The zero-order chi connectivity index (χ0) is 102. The highest BCUT2D eigenvalue weighted by atomic mass is 35.5. The quantitative estimate of drug-likeness (QED) is 0.0965. The first-order valence-electron chi connectivity index (χ1n) is 51.8. The third-order valence-corrected chi connectivity index (χ3v) is 33.5. The van der Waals surface area contributed by atoms with Crippen LogP contribution >= 0.6 is 80.7 Å². The van der Waals surface area contributed by atoms with Crippen LogP contribution in [0, 0.1) is 0 Å². The minimum atomic E-state index is -0.530. The van der Waals surface area contributed by atoms with Gasteiger partial charge in [0, 0.05) is 257 Å². The van der Waals surface area contributed by atoms with E-state index in [-0.39, 0.29) is 41.4 Å². The first-order valence-corrected chi connectivity index (χ1v) is 55.3. The van der Waals surface area contributed by atoms with Crippen molar-refractivity contribution in [1.29, 1.82) is 0 Å². The topological polar surface area (TPSA) is 313 Å². The molecule has 5 fully saturated rings. The Bertz CT molecular complexity index is 7400. The highest BCUT2D eigenvalue weighted by Gasteiger charge is 2.43. The van der Waals surface area contributed by atoms with Gasteiger partial charge in [0.15, 0.2) is 30.5 Å². The summed E-state index contributed by atoms with van der Waals surface area (Å²) in [4.78, 5) is 134. The number of piperidine rings is 5. The smallest absolute Gasteiger partial charge is 0.263 e. The second-order valence-corrected chi connectivity index (χ2v) is 44.1. The molecule has 26 nitrogen and oxygen atoms in total. The Kier molecular flexibility index (Phi) is 30.6. The van der Waals surface area contributed by atoms with E-state index >= 15 is 0 Å². The standard InChI is InChI=1S/C25H24ClN3O3.C23H22ClN3O3S.C23H25ClN2O2.C22H20ClN3O3S.C22H23ClN2O2/c1-27-24(30)15-5-6-19-18(7-8-28-21(19)12-15)20-14-17(26)11-16-13-22(32-23(16)20)25(31)29-9-3-2-4-10-29;1-25-22(28)19-12-17-21(31-19)15(5-6-26-17)16-11-14(24)9-13-10-18(30-20(13)16)23(29)27-7-3-2-4-8-27;24-16-12-15-13-21(23(27)26-10-4-1-5-11-26)28-22(15)19(14-16)17-8-9-25-20-7-3-2-6-18(17)20;23-13-8-12-9-17(22(28)26-6-2-1-3-7-26)29-19(12)15(10-13)14-4-5-25-16-11-18(21(24)27)30-20(14)16;23-15-11-14-12-20(22(26)25-9-2-1-3-10-25)27-21(14)18(13-15)16-7-8-24-19-6-4-5-17(16)19/h5-8,11-12,14,22H,2-4,9-10,13H2,1H3,(H,27,30);5-6,9,11-12,18H,2-4,7-8,10H2,1H3,(H,25,28);8-9,12,14,21H,1-7,10-11,13H2;4-5,8,10-11,17H,1-3,6-7,9H2,(H2,24,27);7-8,11,13,20H,1-6,9-10,12H2. The van der Waals surface area contributed by atoms with Crippen LogP contribution in [0.1, 0.15) is 196 Å². The van der Waals surface area contributed by atoms with E-state index in [0.717, 1.165) is 277 Å². The molecule has 13 aromatic rings. The van der Waals surface area contributed by atoms with E-state index in [1.807, 2.05) is 122 Å². The number of aromatic nitrogens is 5. The number of hydrogen-bond donors (Lipinski definition) is 3. The first-order chi connectivity index (χ1) is 72.0. The number of nitrogens with two attached hydrogens (primary N) is 1. The molecule has 6 aromatic carbocycles. The van der Waals surface area contributed by atoms with E-state index < -0.39 is 36.4 Å². The molecule has 5 atom stereocenters. The summed E-state index contributed by atoms with van der Waals surface area (Å²) in [7, 11) is 3.21. The minimum absolute atomic E-state index is 0.0417. The molecule has 0 radical (unpaired) electrons. The molecule has 5 unspecified atom stereocenters. The van der Waals surface area contributed by atoms with Gasteiger partial charge in [0.25, 0.3) is 47.3 Å². The molecular formula is C115H114Cl5N13O13S2. The Balaban J connectivity index is 0.000000108. The van der Waals surface area contributed by atoms with Gasteiger partial charge >= 0.3 is 0 Å². The number of ether oxygens (including phenoxy) is 5. The third kappa shape index (κ3) is 21.3. The number of likely N-dealkylation sites (tertiary alicyclic amines) is 5. The monoisotopic (exact) mass is 2120 g/mol. The van der Waals surface area contributed by atoms with Crippen molar-refractivity contribution in [3.05, 3.63) is 243 Å². The Morgan fingerprint density at radius 2 is 0.595 bits per heavy atom. The van der Waals surface area contributed by atoms with Gasteiger partial charge in [-0.2, -0.15) is 0 Å². The number of carbonyl (C=O) groups is 8. The maximum atomic E-state index is 13.1. The lowest BCUT2D eigenvalue weighted by Gasteiger charge is -2.28. The molecule has 2 aliphatic carbocycles. The van der Waals surface area contributed by atoms with Crippen molar-refractivity contribution in [1.82, 2.24) is 60.1 Å². The summed E-state index contributed by atoms with van der Waals surface area (Å²) in [5.74, 6) is 3.33. The molecule has 764 valence electrons. The fourth-order valence-electron chi connectivity index (χ4n) is 22.8. The predicted molar refractivity (Wildman–Crippen MR) is 578 cm³/mol. The van der Waals surface area contributed by atoms with Gasteiger partial charge in [-0.15, -0.1) is 22.7 Å². The van der Waals surface area contributed by atoms with Crippen molar-refractivity contribution in [3.8, 4) is 84.4 Å². The van der Waals surface area contributed by atoms with Gasteiger partial charge in [-0.1, -0.05) is 64.1 Å². The Morgan fingerprint density at radius 3 is 0.946 bits per heavy atom. The molecule has 4 N–H and O–H groups in total. The normalized spacial score (nSPS) is 19.1. The summed E-state index contributed by atoms with van der Waals surface area (Å²) in [6, 6.07) is 37.8. The van der Waals surface area contributed by atoms with Crippen LogP contribution in [-0.4, -0.2) is 207 Å². The van der Waals surface area contributed by atoms with Gasteiger partial charge in [-0.25, -0.2) is 0 Å². The Morgan fingerprint density at radius 1 is 0.304 bits per heavy atom. The van der Waals surface area contributed by atoms with Crippen LogP contribution in [0.4, 0.5) is 0 Å². The largest absolute Gasteiger partial charge is 0.479 e. The number of halogens is 5. The van der Waals surface area contributed by atoms with Crippen LogP contribution in [0.5, 0.6) is 28.7 Å². The van der Waals surface area contributed by atoms with Crippen molar-refractivity contribution in [2.45, 2.75) is 204 Å². The average molecular weight is 2130 g/mol. The zero-order valence-corrected chi connectivity index (χ0v) is 88.0. The van der Waals surface area contributed by atoms with Crippen molar-refractivity contribution in [3.63, 3.8) is 0 Å². The SMILES string of the molecule is CNC(=O)c1cc2nccc(-c3cc(Cl)cc4c3OC(C(=O)N3CCCCC3)C4)c2s1.CNC(=O)c1ccc2c(-c3cc(Cl)cc4c3OC(C(=O)N3CCCCC3)C4)ccnc2c1.NC(=O)c1cc2nccc(-c3cc(Cl)cc4c3OC(C(=O)N3CCCCC3)C4)c2s1.O=C(C1Cc2cc(Cl)cc(-c3ccnc4c3CCC4)c2O1)N1CCCCC1.O=C(C1Cc2cc(Cl)cc(-c3ccnc4c3CCCC4)c2O1)N1CCCCC1. The van der Waals surface area contributed by atoms with Gasteiger partial charge in [0.05, 0.1) is 35.7 Å². The van der Waals surface area contributed by atoms with Gasteiger partial charge in [0.2, 0.25) is 0 Å². The van der Waals surface area contributed by atoms with Crippen molar-refractivity contribution in [2.24, 2.45) is 5.73 Å². The molecule has 0 spiro atoms. The molecule has 148 heavy (non-hydrogen) atoms. The highest BCUT2D eigenvalue weighted by Crippen LogP contribution is 2.52. The van der Waals surface area contributed by atoms with Crippen LogP contribution in [0.3, 0.4) is 0 Å². The molecule has 12 aliphatic rings. The molecule has 33 heteroatoms. The Hall–Kier alpha value is -12.5. The number of nitrogens with zero attached hydrogens (tertiary/aromatic N) is 10. The summed E-state index contributed by atoms with van der Waals surface area (Å²) >= 11 is 34.9. The number of pyridine rings is 5. The van der Waals surface area contributed by atoms with E-state index in [0.29, 0.717) is 101 Å². The number of nitrogens with one attached hydrogen (secondary N) is 2. The Labute approximate surface area is 891 Å². The highest BCUT2D eigenvalue weighted by molar-refractivity contribution is 7.21. The maximum Gasteiger partial charge on any atom is 0.263 e. The molecule has 7 aromatic heterocycles. The van der Waals surface area contributed by atoms with E-state index in [1.165, 1.54) is 90.1 Å². The average Bonchev–Trinajstić information content (AvgIpc) is 1.59. The summed E-state index contributed by atoms with van der Waals surface area (Å²) in [6.45, 7) is 8.16. The fraction of sp³-hybridized carbons (Fsp3) is 0.383. The summed E-state index contributed by atoms with van der Waals surface area (Å²) < 4.78 is 33.0. The maximum absolute atomic E-state index is 13.1. The summed E-state index contributed by atoms with van der Waals surface area (Å²) in [5, 5.41) is 9.35. The van der Waals surface area contributed by atoms with Crippen molar-refractivity contribution < 1.29 is 62.0 Å². The zero-order valence-electron chi connectivity index (χ0n) is 82.5. The van der Waals surface area contributed by atoms with Gasteiger partial charge in [-0.3, -0.25) is 63.3 Å². The van der Waals surface area contributed by atoms with E-state index in [9.17, 15) is 38.4 Å². The van der Waals surface area contributed by atoms with E-state index in [4.69, 9.17) is 87.4 Å². The molecule has 10 aliphatic heterocycles. The number of rotatable bonds is 13. The predicted octanol–water partition coefficient (Wildman–Crippen LogP) is 21.4. The van der Waals surface area contributed by atoms with Crippen LogP contribution in [-0.2, 0) is 81.8 Å². The third-order valence-electron chi connectivity index (χ3n) is 30.1. The molecule has 17 heterocycles. The number of fused-ring (bicyclic) bond motifs is 10. The molecule has 8 amide bonds. The fourth-order valence-corrected chi connectivity index (χ4v) is 26.1. The summed E-state index contributed by atoms with van der Waals surface area (Å²) in [6.07, 6.45) is 33.4. The van der Waals surface area contributed by atoms with Crippen LogP contribution < -0.4 is 40.1 Å². The van der Waals surface area contributed by atoms with Crippen LogP contribution in [0.2, 0.25) is 25.1 Å². The number of carbonyl (C=O) groups excluding carboxylic acids is 8. The first kappa shape index (κ1) is 101. The van der Waals surface area contributed by atoms with Gasteiger partial charge in [0.1, 0.15) is 28.7 Å². The molecule has 0 saturated carbocycles. The number of thiophene rings is 2. The number of hydrogen-bond acceptors (Lipinski definition) is 20. The summed E-state index contributed by atoms with van der Waals surface area (Å²) in [5.41, 5.74) is 27.5. The minimum Gasteiger partial charge on any atom is -0.479 e. The second kappa shape index (κ2) is 44.7. The number of primary amides is 1. The lowest BCUT2D eigenvalue weighted by atomic mass is 9.88. The molecule has 0 bridgehead atoms. The number of benzene rings is 6. The molecular weight excluding hydrogens is 2010 g/mol. The molecule has 25 rings (SSSR count). The van der Waals surface area contributed by atoms with Crippen molar-refractivity contribution >= 4 is 159 Å². The van der Waals surface area contributed by atoms with Gasteiger partial charge < -0.3 is 64.6 Å². The van der Waals surface area contributed by atoms with E-state index in [2.05, 4.69) is 47.7 Å². The van der Waals surface area contributed by atoms with Gasteiger partial charge in [-0.05, 0) is 284 Å². The second-order valence-electron chi connectivity index (χ2n) is 39.8. The lowest BCUT2D eigenvalue weighted by molar-refractivity contribution is -0.139. The van der Waals surface area contributed by atoms with Crippen LogP contribution in [0.15, 0.2) is 152 Å². The van der Waals surface area contributed by atoms with Crippen LogP contribution in [0.25, 0.3) is 87.0 Å². The number of aryl methyl sites for hydroxylation is 2. The van der Waals surface area contributed by atoms with Crippen molar-refractivity contribution in [2.75, 3.05) is 79.5 Å². The number of amides is 8. The lowest BCUT2D eigenvalue weighted by Crippen LogP contribution is -2.43. The van der Waals surface area contributed by atoms with E-state index in [1.54, 1.807) is 57.0 Å².